The lowest BCUT2D eigenvalue weighted by Crippen LogP contribution is -1.95. The minimum Gasteiger partial charge on any atom is -0.258 e. The van der Waals surface area contributed by atoms with Gasteiger partial charge in [0, 0.05) is 23.9 Å². The molecule has 0 bridgehead atoms. The average molecular weight is 271 g/mol. The molecule has 0 saturated carbocycles. The summed E-state index contributed by atoms with van der Waals surface area (Å²) in [5, 5.41) is 14.9. The van der Waals surface area contributed by atoms with Crippen molar-refractivity contribution in [2.24, 2.45) is 0 Å². The van der Waals surface area contributed by atoms with Crippen LogP contribution in [-0.2, 0) is 0 Å². The van der Waals surface area contributed by atoms with Crippen molar-refractivity contribution in [2.45, 2.75) is 0 Å². The first-order valence-electron chi connectivity index (χ1n) is 8.61. The van der Waals surface area contributed by atoms with Crippen LogP contribution in [0.15, 0.2) is 66.7 Å². The molecule has 0 atom stereocenters. The molecule has 3 aromatic rings. The Bertz CT molecular complexity index is 1000. The van der Waals surface area contributed by atoms with E-state index < -0.39 is 35.1 Å². The predicted molar refractivity (Wildman–Crippen MR) is 75.7 cm³/mol. The van der Waals surface area contributed by atoms with Gasteiger partial charge in [-0.3, -0.25) is 10.1 Å². The number of nitrogens with zero attached hydrogens (tertiary/aromatic N) is 3. The van der Waals surface area contributed by atoms with Crippen molar-refractivity contribution in [2.75, 3.05) is 0 Å². The van der Waals surface area contributed by atoms with Crippen molar-refractivity contribution in [3.05, 3.63) is 76.8 Å². The molecule has 0 unspecified atom stereocenters. The van der Waals surface area contributed by atoms with Gasteiger partial charge in [0.1, 0.15) is 0 Å². The van der Waals surface area contributed by atoms with Gasteiger partial charge in [-0.2, -0.15) is 5.10 Å². The summed E-state index contributed by atoms with van der Waals surface area (Å²) in [5.74, 6) is 0. The highest BCUT2D eigenvalue weighted by molar-refractivity contribution is 5.58. The van der Waals surface area contributed by atoms with E-state index in [0.29, 0.717) is 5.69 Å². The van der Waals surface area contributed by atoms with Gasteiger partial charge >= 0.3 is 0 Å². The Morgan fingerprint density at radius 2 is 1.80 bits per heavy atom. The molecule has 2 aromatic carbocycles. The summed E-state index contributed by atoms with van der Waals surface area (Å²) in [5.41, 5.74) is 0.202. The molecular formula is C15H11N3O2. The van der Waals surface area contributed by atoms with E-state index in [4.69, 9.17) is 8.22 Å². The summed E-state index contributed by atoms with van der Waals surface area (Å²) in [6.07, 6.45) is -0.0966. The van der Waals surface area contributed by atoms with E-state index >= 15 is 0 Å². The van der Waals surface area contributed by atoms with Gasteiger partial charge < -0.3 is 0 Å². The summed E-state index contributed by atoms with van der Waals surface area (Å²) < 4.78 is 48.2. The third kappa shape index (κ3) is 2.29. The largest absolute Gasteiger partial charge is 0.269 e. The zero-order chi connectivity index (χ0) is 19.2. The number of rotatable bonds is 3. The number of benzene rings is 2. The van der Waals surface area contributed by atoms with Gasteiger partial charge in [-0.05, 0) is 18.2 Å². The van der Waals surface area contributed by atoms with Gasteiger partial charge in [-0.25, -0.2) is 4.68 Å². The van der Waals surface area contributed by atoms with Gasteiger partial charge in [0.25, 0.3) is 5.69 Å². The first-order chi connectivity index (χ1) is 12.2. The highest BCUT2D eigenvalue weighted by Crippen LogP contribution is 2.19. The topological polar surface area (TPSA) is 61.0 Å². The lowest BCUT2D eigenvalue weighted by Gasteiger charge is -2.00. The van der Waals surface area contributed by atoms with Crippen LogP contribution in [0.5, 0.6) is 0 Å². The van der Waals surface area contributed by atoms with Gasteiger partial charge in [0.15, 0.2) is 0 Å². The van der Waals surface area contributed by atoms with Crippen molar-refractivity contribution in [3.8, 4) is 16.9 Å². The van der Waals surface area contributed by atoms with Crippen molar-refractivity contribution < 1.29 is 13.1 Å². The molecule has 20 heavy (non-hydrogen) atoms. The van der Waals surface area contributed by atoms with Gasteiger partial charge in [-0.15, -0.1) is 0 Å². The molecule has 0 saturated heterocycles. The zero-order valence-electron chi connectivity index (χ0n) is 16.0. The Balaban J connectivity index is 2.14. The summed E-state index contributed by atoms with van der Waals surface area (Å²) in [6, 6.07) is 4.31. The maximum absolute atomic E-state index is 10.7. The molecule has 0 aliphatic heterocycles. The highest BCUT2D eigenvalue weighted by Gasteiger charge is 2.06. The fourth-order valence-corrected chi connectivity index (χ4v) is 1.64. The second-order valence-corrected chi connectivity index (χ2v) is 3.84. The lowest BCUT2D eigenvalue weighted by atomic mass is 10.2. The molecule has 98 valence electrons. The molecule has 0 aliphatic carbocycles. The quantitative estimate of drug-likeness (QED) is 0.541. The van der Waals surface area contributed by atoms with Crippen molar-refractivity contribution in [3.63, 3.8) is 0 Å². The Labute approximate surface area is 123 Å². The Hall–Kier alpha value is -2.95. The predicted octanol–water partition coefficient (Wildman–Crippen LogP) is 3.45. The Morgan fingerprint density at radius 3 is 2.45 bits per heavy atom. The summed E-state index contributed by atoms with van der Waals surface area (Å²) in [7, 11) is 0. The minimum absolute atomic E-state index is 0.0466. The summed E-state index contributed by atoms with van der Waals surface area (Å²) in [6.45, 7) is 0. The minimum atomic E-state index is -0.549. The number of hydrogen-bond acceptors (Lipinski definition) is 3. The molecule has 1 aromatic heterocycles. The number of nitro benzene ring substituents is 1. The van der Waals surface area contributed by atoms with E-state index in [0.717, 1.165) is 0 Å². The fraction of sp³-hybridized carbons (Fsp3) is 0. The molecule has 0 radical (unpaired) electrons. The zero-order valence-corrected chi connectivity index (χ0v) is 10.0. The lowest BCUT2D eigenvalue weighted by molar-refractivity contribution is -0.384. The van der Waals surface area contributed by atoms with E-state index in [1.807, 2.05) is 0 Å². The van der Waals surface area contributed by atoms with Gasteiger partial charge in [0.05, 0.1) is 24.5 Å². The van der Waals surface area contributed by atoms with Crippen LogP contribution < -0.4 is 0 Å². The second kappa shape index (κ2) is 4.97. The normalized spacial score (nSPS) is 14.6. The number of non-ortho nitro benzene ring substituents is 1. The monoisotopic (exact) mass is 271 g/mol. The SMILES string of the molecule is [2H]c1c([2H])c([2H])c(-c2cc([2H])n(-c3ccc([N+](=O)[O-])cc3)n2)c([2H])c1[2H]. The Morgan fingerprint density at radius 1 is 1.10 bits per heavy atom. The summed E-state index contributed by atoms with van der Waals surface area (Å²) >= 11 is 0. The first kappa shape index (κ1) is 7.00. The number of nitro groups is 1. The van der Waals surface area contributed by atoms with Crippen LogP contribution in [0.4, 0.5) is 5.69 Å². The number of hydrogen-bond donors (Lipinski definition) is 0. The molecule has 1 heterocycles. The highest BCUT2D eigenvalue weighted by atomic mass is 16.6. The smallest absolute Gasteiger partial charge is 0.258 e. The molecule has 0 N–H and O–H groups in total. The van der Waals surface area contributed by atoms with Crippen LogP contribution in [0, 0.1) is 10.1 Å². The van der Waals surface area contributed by atoms with E-state index in [2.05, 4.69) is 5.10 Å². The third-order valence-electron chi connectivity index (χ3n) is 2.59. The van der Waals surface area contributed by atoms with E-state index in [9.17, 15) is 10.1 Å². The standard InChI is InChI=1S/C15H11N3O2/c19-18(20)14-8-6-13(7-9-14)17-11-10-15(16-17)12-4-2-1-3-5-12/h1-11H/i1D,2D,3D,4D,5D,11D. The first-order valence-corrected chi connectivity index (χ1v) is 5.61. The molecular weight excluding hydrogens is 254 g/mol. The van der Waals surface area contributed by atoms with Crippen LogP contribution in [-0.4, -0.2) is 14.7 Å². The molecule has 0 amide bonds. The Kier molecular flexibility index (Phi) is 1.74. The molecule has 0 aliphatic rings. The van der Waals surface area contributed by atoms with Gasteiger partial charge in [-0.1, -0.05) is 30.2 Å². The van der Waals surface area contributed by atoms with E-state index in [1.165, 1.54) is 35.0 Å². The van der Waals surface area contributed by atoms with Crippen LogP contribution in [0.3, 0.4) is 0 Å². The molecule has 3 rings (SSSR count). The van der Waals surface area contributed by atoms with Crippen LogP contribution in [0.1, 0.15) is 8.22 Å². The van der Waals surface area contributed by atoms with E-state index in [-0.39, 0.29) is 23.1 Å². The van der Waals surface area contributed by atoms with Crippen LogP contribution in [0.2, 0.25) is 0 Å². The van der Waals surface area contributed by atoms with Crippen molar-refractivity contribution in [1.82, 2.24) is 9.78 Å². The van der Waals surface area contributed by atoms with E-state index in [1.54, 1.807) is 0 Å². The maximum Gasteiger partial charge on any atom is 0.269 e. The van der Waals surface area contributed by atoms with Crippen LogP contribution >= 0.6 is 0 Å². The fourth-order valence-electron chi connectivity index (χ4n) is 1.64. The third-order valence-corrected chi connectivity index (χ3v) is 2.59. The molecule has 5 heteroatoms. The van der Waals surface area contributed by atoms with Gasteiger partial charge in [0.2, 0.25) is 0 Å². The molecule has 0 fully saturated rings. The molecule has 5 nitrogen and oxygen atoms in total. The van der Waals surface area contributed by atoms with Crippen molar-refractivity contribution >= 4 is 5.69 Å². The second-order valence-electron chi connectivity index (χ2n) is 3.84. The summed E-state index contributed by atoms with van der Waals surface area (Å²) in [4.78, 5) is 10.2. The average Bonchev–Trinajstić information content (AvgIpc) is 2.99. The number of aromatic nitrogens is 2. The molecule has 0 spiro atoms. The maximum atomic E-state index is 10.7. The van der Waals surface area contributed by atoms with Crippen molar-refractivity contribution in [1.29, 1.82) is 0 Å². The van der Waals surface area contributed by atoms with Crippen LogP contribution in [0.25, 0.3) is 16.9 Å².